The Morgan fingerprint density at radius 1 is 1.45 bits per heavy atom. The van der Waals surface area contributed by atoms with Gasteiger partial charge >= 0.3 is 5.97 Å². The number of nitrogens with one attached hydrogen (secondary N) is 1. The molecule has 0 fully saturated rings. The molecule has 1 N–H and O–H groups in total. The van der Waals surface area contributed by atoms with E-state index in [-0.39, 0.29) is 12.0 Å². The highest BCUT2D eigenvalue weighted by Crippen LogP contribution is 2.18. The number of hydrogen-bond donors (Lipinski definition) is 1. The van der Waals surface area contributed by atoms with Gasteiger partial charge < -0.3 is 10.1 Å². The standard InChI is InChI=1S/C16H24ClNO2/c1-5-12(3)18-14(10-16(19)20-4)9-13-6-7-15(17)11(2)8-13/h6-8,12,14,18H,5,9-10H2,1-4H3. The fourth-order valence-corrected chi connectivity index (χ4v) is 2.23. The number of hydrogen-bond acceptors (Lipinski definition) is 3. The first kappa shape index (κ1) is 17.0. The number of methoxy groups -OCH3 is 1. The number of halogens is 1. The van der Waals surface area contributed by atoms with Crippen molar-refractivity contribution in [2.45, 2.75) is 52.1 Å². The van der Waals surface area contributed by atoms with Crippen LogP contribution >= 0.6 is 11.6 Å². The van der Waals surface area contributed by atoms with Gasteiger partial charge in [0.25, 0.3) is 0 Å². The number of aryl methyl sites for hydroxylation is 1. The van der Waals surface area contributed by atoms with Crippen molar-refractivity contribution >= 4 is 17.6 Å². The first-order chi connectivity index (χ1) is 9.46. The third kappa shape index (κ3) is 5.51. The van der Waals surface area contributed by atoms with Gasteiger partial charge in [0, 0.05) is 17.1 Å². The highest BCUT2D eigenvalue weighted by molar-refractivity contribution is 6.31. The zero-order chi connectivity index (χ0) is 15.1. The van der Waals surface area contributed by atoms with Crippen LogP contribution in [0.2, 0.25) is 5.02 Å². The molecule has 4 heteroatoms. The first-order valence-corrected chi connectivity index (χ1v) is 7.42. The number of carbonyl (C=O) groups is 1. The van der Waals surface area contributed by atoms with Crippen molar-refractivity contribution in [3.63, 3.8) is 0 Å². The maximum atomic E-state index is 11.5. The van der Waals surface area contributed by atoms with Crippen molar-refractivity contribution in [2.75, 3.05) is 7.11 Å². The molecule has 0 aliphatic heterocycles. The quantitative estimate of drug-likeness (QED) is 0.783. The van der Waals surface area contributed by atoms with Gasteiger partial charge in [-0.3, -0.25) is 4.79 Å². The Labute approximate surface area is 126 Å². The second kappa shape index (κ2) is 8.28. The van der Waals surface area contributed by atoms with Gasteiger partial charge in [-0.15, -0.1) is 0 Å². The fourth-order valence-electron chi connectivity index (χ4n) is 2.11. The third-order valence-corrected chi connectivity index (χ3v) is 3.90. The Bertz CT molecular complexity index is 448. The molecule has 0 aromatic heterocycles. The van der Waals surface area contributed by atoms with E-state index in [0.29, 0.717) is 12.5 Å². The first-order valence-electron chi connectivity index (χ1n) is 7.04. The topological polar surface area (TPSA) is 38.3 Å². The Hall–Kier alpha value is -1.06. The molecule has 0 heterocycles. The van der Waals surface area contributed by atoms with E-state index in [9.17, 15) is 4.79 Å². The van der Waals surface area contributed by atoms with Crippen LogP contribution in [-0.2, 0) is 16.0 Å². The van der Waals surface area contributed by atoms with Crippen LogP contribution < -0.4 is 5.32 Å². The summed E-state index contributed by atoms with van der Waals surface area (Å²) in [7, 11) is 1.43. The van der Waals surface area contributed by atoms with Crippen molar-refractivity contribution in [2.24, 2.45) is 0 Å². The molecule has 0 radical (unpaired) electrons. The van der Waals surface area contributed by atoms with E-state index in [1.807, 2.05) is 19.1 Å². The van der Waals surface area contributed by atoms with Crippen LogP contribution in [0.25, 0.3) is 0 Å². The molecule has 0 saturated heterocycles. The highest BCUT2D eigenvalue weighted by Gasteiger charge is 2.17. The summed E-state index contributed by atoms with van der Waals surface area (Å²) >= 11 is 6.04. The van der Waals surface area contributed by atoms with E-state index in [2.05, 4.69) is 25.2 Å². The van der Waals surface area contributed by atoms with Crippen LogP contribution in [0.15, 0.2) is 18.2 Å². The SMILES string of the molecule is CCC(C)NC(CC(=O)OC)Cc1ccc(Cl)c(C)c1. The van der Waals surface area contributed by atoms with Crippen molar-refractivity contribution in [1.29, 1.82) is 0 Å². The summed E-state index contributed by atoms with van der Waals surface area (Å²) in [5.74, 6) is -0.184. The monoisotopic (exact) mass is 297 g/mol. The van der Waals surface area contributed by atoms with Gasteiger partial charge in [-0.25, -0.2) is 0 Å². The normalized spacial score (nSPS) is 13.8. The van der Waals surface area contributed by atoms with E-state index < -0.39 is 0 Å². The lowest BCUT2D eigenvalue weighted by atomic mass is 10.0. The molecular weight excluding hydrogens is 274 g/mol. The number of benzene rings is 1. The van der Waals surface area contributed by atoms with Gasteiger partial charge in [-0.05, 0) is 43.9 Å². The van der Waals surface area contributed by atoms with Gasteiger partial charge in [0.2, 0.25) is 0 Å². The Morgan fingerprint density at radius 2 is 2.15 bits per heavy atom. The van der Waals surface area contributed by atoms with Crippen molar-refractivity contribution in [3.8, 4) is 0 Å². The minimum Gasteiger partial charge on any atom is -0.469 e. The van der Waals surface area contributed by atoms with Gasteiger partial charge in [0.05, 0.1) is 13.5 Å². The molecule has 0 amide bonds. The summed E-state index contributed by atoms with van der Waals surface area (Å²) in [6, 6.07) is 6.45. The van der Waals surface area contributed by atoms with E-state index >= 15 is 0 Å². The molecule has 112 valence electrons. The van der Waals surface area contributed by atoms with Crippen molar-refractivity contribution in [1.82, 2.24) is 5.32 Å². The highest BCUT2D eigenvalue weighted by atomic mass is 35.5. The summed E-state index contributed by atoms with van der Waals surface area (Å²) in [5, 5.41) is 4.25. The number of ether oxygens (including phenoxy) is 1. The molecule has 2 atom stereocenters. The molecular formula is C16H24ClNO2. The molecule has 0 spiro atoms. The van der Waals surface area contributed by atoms with Crippen LogP contribution in [0.3, 0.4) is 0 Å². The smallest absolute Gasteiger partial charge is 0.307 e. The molecule has 2 unspecified atom stereocenters. The van der Waals surface area contributed by atoms with Crippen LogP contribution in [0.1, 0.15) is 37.8 Å². The molecule has 3 nitrogen and oxygen atoms in total. The summed E-state index contributed by atoms with van der Waals surface area (Å²) in [6.07, 6.45) is 2.19. The van der Waals surface area contributed by atoms with E-state index in [1.54, 1.807) is 0 Å². The predicted molar refractivity (Wildman–Crippen MR) is 83.2 cm³/mol. The lowest BCUT2D eigenvalue weighted by Crippen LogP contribution is -2.39. The van der Waals surface area contributed by atoms with Gasteiger partial charge in [-0.2, -0.15) is 0 Å². The zero-order valence-corrected chi connectivity index (χ0v) is 13.5. The summed E-state index contributed by atoms with van der Waals surface area (Å²) in [5.41, 5.74) is 2.24. The number of rotatable bonds is 7. The lowest BCUT2D eigenvalue weighted by molar-refractivity contribution is -0.141. The van der Waals surface area contributed by atoms with Gasteiger partial charge in [0.15, 0.2) is 0 Å². The molecule has 1 aromatic rings. The van der Waals surface area contributed by atoms with Crippen LogP contribution in [0.4, 0.5) is 0 Å². The largest absolute Gasteiger partial charge is 0.469 e. The van der Waals surface area contributed by atoms with Crippen LogP contribution in [0.5, 0.6) is 0 Å². The average Bonchev–Trinajstić information content (AvgIpc) is 2.42. The second-order valence-electron chi connectivity index (χ2n) is 5.24. The second-order valence-corrected chi connectivity index (χ2v) is 5.65. The van der Waals surface area contributed by atoms with Crippen LogP contribution in [-0.4, -0.2) is 25.2 Å². The average molecular weight is 298 g/mol. The molecule has 20 heavy (non-hydrogen) atoms. The maximum absolute atomic E-state index is 11.5. The molecule has 0 bridgehead atoms. The number of esters is 1. The van der Waals surface area contributed by atoms with Gasteiger partial charge in [0.1, 0.15) is 0 Å². The van der Waals surface area contributed by atoms with E-state index in [1.165, 1.54) is 12.7 Å². The molecule has 0 saturated carbocycles. The summed E-state index contributed by atoms with van der Waals surface area (Å²) in [6.45, 7) is 6.24. The summed E-state index contributed by atoms with van der Waals surface area (Å²) < 4.78 is 4.78. The Balaban J connectivity index is 2.76. The van der Waals surface area contributed by atoms with Gasteiger partial charge in [-0.1, -0.05) is 30.7 Å². The van der Waals surface area contributed by atoms with Crippen LogP contribution in [0, 0.1) is 6.92 Å². The Morgan fingerprint density at radius 3 is 2.70 bits per heavy atom. The minimum atomic E-state index is -0.184. The van der Waals surface area contributed by atoms with E-state index in [4.69, 9.17) is 16.3 Å². The number of carbonyl (C=O) groups excluding carboxylic acids is 1. The zero-order valence-electron chi connectivity index (χ0n) is 12.7. The van der Waals surface area contributed by atoms with Crippen molar-refractivity contribution in [3.05, 3.63) is 34.3 Å². The van der Waals surface area contributed by atoms with Crippen molar-refractivity contribution < 1.29 is 9.53 Å². The fraction of sp³-hybridized carbons (Fsp3) is 0.562. The molecule has 1 rings (SSSR count). The molecule has 1 aromatic carbocycles. The Kier molecular flexibility index (Phi) is 7.03. The predicted octanol–water partition coefficient (Wildman–Crippen LogP) is 3.51. The summed E-state index contributed by atoms with van der Waals surface area (Å²) in [4.78, 5) is 11.5. The lowest BCUT2D eigenvalue weighted by Gasteiger charge is -2.22. The molecule has 0 aliphatic rings. The van der Waals surface area contributed by atoms with E-state index in [0.717, 1.165) is 23.4 Å². The molecule has 0 aliphatic carbocycles. The third-order valence-electron chi connectivity index (χ3n) is 3.48. The maximum Gasteiger partial charge on any atom is 0.307 e. The minimum absolute atomic E-state index is 0.0815.